The van der Waals surface area contributed by atoms with Gasteiger partial charge in [0.25, 0.3) is 5.91 Å². The number of amides is 1. The number of hydrogen-bond acceptors (Lipinski definition) is 3. The normalized spacial score (nSPS) is 10.6. The summed E-state index contributed by atoms with van der Waals surface area (Å²) in [7, 11) is 0. The summed E-state index contributed by atoms with van der Waals surface area (Å²) in [6.07, 6.45) is 10.6. The predicted octanol–water partition coefficient (Wildman–Crippen LogP) is 2.81. The molecule has 0 atom stereocenters. The van der Waals surface area contributed by atoms with Crippen LogP contribution in [0.2, 0.25) is 0 Å². The maximum atomic E-state index is 11.6. The Labute approximate surface area is 109 Å². The fourth-order valence-electron chi connectivity index (χ4n) is 1.74. The summed E-state index contributed by atoms with van der Waals surface area (Å²) >= 11 is 0. The maximum Gasteiger partial charge on any atom is 0.271 e. The van der Waals surface area contributed by atoms with Crippen molar-refractivity contribution in [3.05, 3.63) is 24.3 Å². The molecule has 0 bridgehead atoms. The number of unbranched alkanes of at least 4 members (excludes halogenated alkanes) is 3. The van der Waals surface area contributed by atoms with Crippen molar-refractivity contribution in [2.45, 2.75) is 46.0 Å². The topological polar surface area (TPSA) is 54.9 Å². The van der Waals surface area contributed by atoms with Gasteiger partial charge in [-0.2, -0.15) is 0 Å². The molecule has 0 saturated carbocycles. The van der Waals surface area contributed by atoms with Gasteiger partial charge in [0.15, 0.2) is 0 Å². The first-order chi connectivity index (χ1) is 8.70. The number of carbonyl (C=O) groups excluding carboxylic acids is 1. The van der Waals surface area contributed by atoms with Crippen molar-refractivity contribution < 1.29 is 4.79 Å². The summed E-state index contributed by atoms with van der Waals surface area (Å²) in [4.78, 5) is 19.4. The van der Waals surface area contributed by atoms with E-state index in [2.05, 4.69) is 29.1 Å². The number of carbonyl (C=O) groups is 1. The molecule has 18 heavy (non-hydrogen) atoms. The summed E-state index contributed by atoms with van der Waals surface area (Å²) < 4.78 is 0. The number of nitrogens with one attached hydrogen (secondary N) is 1. The second-order valence-electron chi connectivity index (χ2n) is 4.94. The minimum absolute atomic E-state index is 0.134. The van der Waals surface area contributed by atoms with E-state index in [9.17, 15) is 4.79 Å². The Kier molecular flexibility index (Phi) is 6.99. The average Bonchev–Trinajstić information content (AvgIpc) is 2.38. The zero-order chi connectivity index (χ0) is 13.2. The zero-order valence-corrected chi connectivity index (χ0v) is 11.4. The van der Waals surface area contributed by atoms with Crippen molar-refractivity contribution in [2.24, 2.45) is 5.92 Å². The van der Waals surface area contributed by atoms with Crippen LogP contribution in [-0.2, 0) is 0 Å². The van der Waals surface area contributed by atoms with E-state index < -0.39 is 0 Å². The van der Waals surface area contributed by atoms with Gasteiger partial charge in [0, 0.05) is 18.9 Å². The highest BCUT2D eigenvalue weighted by atomic mass is 16.1. The van der Waals surface area contributed by atoms with Crippen molar-refractivity contribution in [1.82, 2.24) is 15.3 Å². The molecule has 0 spiro atoms. The molecule has 0 aliphatic carbocycles. The Bertz CT molecular complexity index is 338. The van der Waals surface area contributed by atoms with E-state index in [1.54, 1.807) is 6.20 Å². The standard InChI is InChI=1S/C14H23N3O/c1-12(2)7-5-3-4-6-8-17-14(18)13-11-15-9-10-16-13/h9-12H,3-8H2,1-2H3,(H,17,18). The van der Waals surface area contributed by atoms with Crippen LogP contribution in [0.4, 0.5) is 0 Å². The zero-order valence-electron chi connectivity index (χ0n) is 11.4. The Morgan fingerprint density at radius 1 is 1.22 bits per heavy atom. The predicted molar refractivity (Wildman–Crippen MR) is 72.3 cm³/mol. The van der Waals surface area contributed by atoms with Gasteiger partial charge in [0.05, 0.1) is 6.20 Å². The van der Waals surface area contributed by atoms with E-state index in [1.165, 1.54) is 38.1 Å². The van der Waals surface area contributed by atoms with Gasteiger partial charge >= 0.3 is 0 Å². The number of aromatic nitrogens is 2. The monoisotopic (exact) mass is 249 g/mol. The summed E-state index contributed by atoms with van der Waals surface area (Å²) in [6, 6.07) is 0. The lowest BCUT2D eigenvalue weighted by Gasteiger charge is -2.05. The SMILES string of the molecule is CC(C)CCCCCCNC(=O)c1cnccn1. The number of hydrogen-bond donors (Lipinski definition) is 1. The van der Waals surface area contributed by atoms with Crippen molar-refractivity contribution in [3.63, 3.8) is 0 Å². The molecule has 4 heteroatoms. The molecule has 0 aliphatic rings. The molecule has 4 nitrogen and oxygen atoms in total. The lowest BCUT2D eigenvalue weighted by Crippen LogP contribution is -2.25. The molecule has 0 aliphatic heterocycles. The highest BCUT2D eigenvalue weighted by Crippen LogP contribution is 2.08. The highest BCUT2D eigenvalue weighted by Gasteiger charge is 2.04. The first kappa shape index (κ1) is 14.6. The molecule has 1 aromatic heterocycles. The van der Waals surface area contributed by atoms with Crippen LogP contribution >= 0.6 is 0 Å². The fourth-order valence-corrected chi connectivity index (χ4v) is 1.74. The lowest BCUT2D eigenvalue weighted by atomic mass is 10.0. The first-order valence-corrected chi connectivity index (χ1v) is 6.74. The first-order valence-electron chi connectivity index (χ1n) is 6.74. The lowest BCUT2D eigenvalue weighted by molar-refractivity contribution is 0.0947. The molecule has 1 heterocycles. The van der Waals surface area contributed by atoms with Crippen LogP contribution in [-0.4, -0.2) is 22.4 Å². The molecular formula is C14H23N3O. The highest BCUT2D eigenvalue weighted by molar-refractivity contribution is 5.91. The van der Waals surface area contributed by atoms with E-state index >= 15 is 0 Å². The van der Waals surface area contributed by atoms with E-state index in [-0.39, 0.29) is 5.91 Å². The Morgan fingerprint density at radius 2 is 2.00 bits per heavy atom. The van der Waals surface area contributed by atoms with Crippen molar-refractivity contribution in [3.8, 4) is 0 Å². The van der Waals surface area contributed by atoms with Gasteiger partial charge < -0.3 is 5.32 Å². The molecule has 1 amide bonds. The van der Waals surface area contributed by atoms with Crippen LogP contribution < -0.4 is 5.32 Å². The van der Waals surface area contributed by atoms with E-state index in [4.69, 9.17) is 0 Å². The molecular weight excluding hydrogens is 226 g/mol. The summed E-state index contributed by atoms with van der Waals surface area (Å²) in [5.41, 5.74) is 0.386. The summed E-state index contributed by atoms with van der Waals surface area (Å²) in [5, 5.41) is 2.86. The van der Waals surface area contributed by atoms with Gasteiger partial charge in [0.2, 0.25) is 0 Å². The smallest absolute Gasteiger partial charge is 0.271 e. The van der Waals surface area contributed by atoms with Crippen LogP contribution in [0.3, 0.4) is 0 Å². The van der Waals surface area contributed by atoms with Crippen LogP contribution in [0.15, 0.2) is 18.6 Å². The summed E-state index contributed by atoms with van der Waals surface area (Å²) in [5.74, 6) is 0.659. The molecule has 1 rings (SSSR count). The second-order valence-corrected chi connectivity index (χ2v) is 4.94. The van der Waals surface area contributed by atoms with Crippen molar-refractivity contribution in [2.75, 3.05) is 6.54 Å². The third kappa shape index (κ3) is 6.33. The fraction of sp³-hybridized carbons (Fsp3) is 0.643. The molecule has 0 saturated heterocycles. The van der Waals surface area contributed by atoms with Gasteiger partial charge in [-0.15, -0.1) is 0 Å². The van der Waals surface area contributed by atoms with Crippen molar-refractivity contribution >= 4 is 5.91 Å². The number of rotatable bonds is 8. The molecule has 0 fully saturated rings. The van der Waals surface area contributed by atoms with E-state index in [0.29, 0.717) is 5.69 Å². The van der Waals surface area contributed by atoms with Crippen molar-refractivity contribution in [1.29, 1.82) is 0 Å². The van der Waals surface area contributed by atoms with Crippen LogP contribution in [0.1, 0.15) is 56.4 Å². The molecule has 1 N–H and O–H groups in total. The molecule has 0 radical (unpaired) electrons. The maximum absolute atomic E-state index is 11.6. The second kappa shape index (κ2) is 8.61. The minimum atomic E-state index is -0.134. The third-order valence-electron chi connectivity index (χ3n) is 2.79. The van der Waals surface area contributed by atoms with E-state index in [1.807, 2.05) is 0 Å². The third-order valence-corrected chi connectivity index (χ3v) is 2.79. The number of nitrogens with zero attached hydrogens (tertiary/aromatic N) is 2. The van der Waals surface area contributed by atoms with E-state index in [0.717, 1.165) is 18.9 Å². The molecule has 1 aromatic rings. The largest absolute Gasteiger partial charge is 0.351 e. The Morgan fingerprint density at radius 3 is 2.67 bits per heavy atom. The van der Waals surface area contributed by atoms with Crippen LogP contribution in [0.5, 0.6) is 0 Å². The van der Waals surface area contributed by atoms with Gasteiger partial charge in [-0.25, -0.2) is 4.98 Å². The van der Waals surface area contributed by atoms with Gasteiger partial charge in [-0.3, -0.25) is 9.78 Å². The quantitative estimate of drug-likeness (QED) is 0.721. The van der Waals surface area contributed by atoms with Crippen LogP contribution in [0.25, 0.3) is 0 Å². The van der Waals surface area contributed by atoms with Crippen LogP contribution in [0, 0.1) is 5.92 Å². The molecule has 100 valence electrons. The van der Waals surface area contributed by atoms with Gasteiger partial charge in [0.1, 0.15) is 5.69 Å². The molecule has 0 unspecified atom stereocenters. The Hall–Kier alpha value is -1.45. The Balaban J connectivity index is 2.03. The summed E-state index contributed by atoms with van der Waals surface area (Å²) in [6.45, 7) is 5.22. The molecule has 0 aromatic carbocycles. The minimum Gasteiger partial charge on any atom is -0.351 e. The van der Waals surface area contributed by atoms with Gasteiger partial charge in [-0.1, -0.05) is 39.5 Å². The van der Waals surface area contributed by atoms with Gasteiger partial charge in [-0.05, 0) is 12.3 Å². The average molecular weight is 249 g/mol.